The van der Waals surface area contributed by atoms with E-state index in [4.69, 9.17) is 4.74 Å². The molecule has 1 aliphatic heterocycles. The maximum absolute atomic E-state index is 14.6. The number of amides is 1. The van der Waals surface area contributed by atoms with E-state index >= 15 is 0 Å². The van der Waals surface area contributed by atoms with Crippen molar-refractivity contribution in [3.63, 3.8) is 0 Å². The molecule has 3 aromatic rings. The first-order valence-corrected chi connectivity index (χ1v) is 11.0. The van der Waals surface area contributed by atoms with Gasteiger partial charge in [-0.2, -0.15) is 9.37 Å². The molecule has 172 valence electrons. The van der Waals surface area contributed by atoms with Gasteiger partial charge in [-0.1, -0.05) is 30.3 Å². The molecule has 1 aliphatic rings. The Morgan fingerprint density at radius 2 is 1.94 bits per heavy atom. The summed E-state index contributed by atoms with van der Waals surface area (Å²) < 4.78 is 20.1. The lowest BCUT2D eigenvalue weighted by Gasteiger charge is -2.26. The van der Waals surface area contributed by atoms with Crippen molar-refractivity contribution in [2.75, 3.05) is 39.3 Å². The monoisotopic (exact) mass is 450 g/mol. The Kier molecular flexibility index (Phi) is 7.89. The van der Waals surface area contributed by atoms with Gasteiger partial charge in [0.1, 0.15) is 6.61 Å². The molecule has 1 saturated heterocycles. The molecule has 2 aromatic heterocycles. The number of pyridine rings is 1. The van der Waals surface area contributed by atoms with Crippen LogP contribution in [0.4, 0.5) is 4.39 Å². The van der Waals surface area contributed by atoms with Gasteiger partial charge in [-0.05, 0) is 23.3 Å². The van der Waals surface area contributed by atoms with Crippen molar-refractivity contribution in [3.8, 4) is 17.1 Å². The zero-order valence-corrected chi connectivity index (χ0v) is 18.3. The van der Waals surface area contributed by atoms with Gasteiger partial charge in [0, 0.05) is 45.1 Å². The maximum Gasteiger partial charge on any atom is 0.319 e. The van der Waals surface area contributed by atoms with Gasteiger partial charge in [0.15, 0.2) is 0 Å². The van der Waals surface area contributed by atoms with Crippen molar-refractivity contribution in [2.24, 2.45) is 0 Å². The van der Waals surface area contributed by atoms with E-state index in [2.05, 4.69) is 30.5 Å². The van der Waals surface area contributed by atoms with E-state index in [-0.39, 0.29) is 23.9 Å². The average Bonchev–Trinajstić information content (AvgIpc) is 2.85. The fourth-order valence-electron chi connectivity index (χ4n) is 3.55. The van der Waals surface area contributed by atoms with Gasteiger partial charge in [0.2, 0.25) is 11.9 Å². The number of rotatable bonds is 9. The minimum absolute atomic E-state index is 0.0348. The Labute approximate surface area is 192 Å². The third-order valence-electron chi connectivity index (χ3n) is 5.39. The number of hydrogen-bond donors (Lipinski definition) is 2. The fraction of sp³-hybridized carbons (Fsp3) is 0.333. The summed E-state index contributed by atoms with van der Waals surface area (Å²) in [4.78, 5) is 26.6. The molecule has 1 fully saturated rings. The molecule has 0 bridgehead atoms. The number of carbonyl (C=O) groups is 1. The van der Waals surface area contributed by atoms with E-state index in [0.29, 0.717) is 18.7 Å². The molecule has 0 unspecified atom stereocenters. The molecule has 33 heavy (non-hydrogen) atoms. The lowest BCUT2D eigenvalue weighted by molar-refractivity contribution is -0.120. The number of nitrogens with zero attached hydrogens (tertiary/aromatic N) is 4. The predicted molar refractivity (Wildman–Crippen MR) is 122 cm³/mol. The van der Waals surface area contributed by atoms with Gasteiger partial charge in [-0.25, -0.2) is 4.98 Å². The van der Waals surface area contributed by atoms with Crippen molar-refractivity contribution in [3.05, 3.63) is 72.1 Å². The highest BCUT2D eigenvalue weighted by molar-refractivity contribution is 5.78. The summed E-state index contributed by atoms with van der Waals surface area (Å²) in [5.41, 5.74) is 2.55. The molecule has 1 aromatic carbocycles. The number of hydrogen-bond acceptors (Lipinski definition) is 7. The van der Waals surface area contributed by atoms with Gasteiger partial charge in [0.25, 0.3) is 0 Å². The molecule has 1 amide bonds. The summed E-state index contributed by atoms with van der Waals surface area (Å²) >= 11 is 0. The third-order valence-corrected chi connectivity index (χ3v) is 5.39. The molecule has 3 heterocycles. The van der Waals surface area contributed by atoms with Crippen LogP contribution in [0.3, 0.4) is 0 Å². The minimum atomic E-state index is -0.636. The number of carbonyl (C=O) groups excluding carboxylic acids is 1. The van der Waals surface area contributed by atoms with Crippen molar-refractivity contribution >= 4 is 5.91 Å². The Bertz CT molecular complexity index is 1040. The fourth-order valence-corrected chi connectivity index (χ4v) is 3.55. The Morgan fingerprint density at radius 1 is 1.12 bits per heavy atom. The predicted octanol–water partition coefficient (Wildman–Crippen LogP) is 1.82. The zero-order valence-electron chi connectivity index (χ0n) is 18.3. The standard InChI is InChI=1S/C24H27FN6O2/c25-23-21(17-29-24(30-23)33-14-13-31-11-9-26-10-12-31)19-6-4-18(5-7-19)15-22(32)28-16-20-3-1-2-8-27-20/h1-8,17,26H,9-16H2,(H,28,32). The van der Waals surface area contributed by atoms with Crippen LogP contribution in [0.15, 0.2) is 54.9 Å². The van der Waals surface area contributed by atoms with E-state index in [9.17, 15) is 9.18 Å². The normalized spacial score (nSPS) is 14.1. The molecule has 9 heteroatoms. The third kappa shape index (κ3) is 6.77. The van der Waals surface area contributed by atoms with Crippen LogP contribution in [0.2, 0.25) is 0 Å². The number of ether oxygens (including phenoxy) is 1. The molecule has 4 rings (SSSR count). The number of aromatic nitrogens is 3. The minimum Gasteiger partial charge on any atom is -0.462 e. The van der Waals surface area contributed by atoms with E-state index in [1.54, 1.807) is 30.5 Å². The van der Waals surface area contributed by atoms with Gasteiger partial charge in [-0.3, -0.25) is 14.7 Å². The SMILES string of the molecule is O=C(Cc1ccc(-c2cnc(OCCN3CCNCC3)nc2F)cc1)NCc1ccccn1. The van der Waals surface area contributed by atoms with Crippen LogP contribution >= 0.6 is 0 Å². The average molecular weight is 451 g/mol. The first-order chi connectivity index (χ1) is 16.2. The molecule has 8 nitrogen and oxygen atoms in total. The van der Waals surface area contributed by atoms with Crippen molar-refractivity contribution < 1.29 is 13.9 Å². The first kappa shape index (κ1) is 22.8. The van der Waals surface area contributed by atoms with Gasteiger partial charge in [-0.15, -0.1) is 0 Å². The summed E-state index contributed by atoms with van der Waals surface area (Å²) in [5, 5.41) is 6.14. The smallest absolute Gasteiger partial charge is 0.319 e. The molecular formula is C24H27FN6O2. The number of piperazine rings is 1. The molecule has 0 radical (unpaired) electrons. The van der Waals surface area contributed by atoms with Crippen LogP contribution in [0.25, 0.3) is 11.1 Å². The zero-order chi connectivity index (χ0) is 22.9. The highest BCUT2D eigenvalue weighted by Gasteiger charge is 2.13. The molecule has 0 atom stereocenters. The van der Waals surface area contributed by atoms with Crippen molar-refractivity contribution in [2.45, 2.75) is 13.0 Å². The topological polar surface area (TPSA) is 92.3 Å². The van der Waals surface area contributed by atoms with Crippen LogP contribution in [0.1, 0.15) is 11.3 Å². The number of halogens is 1. The lowest BCUT2D eigenvalue weighted by Crippen LogP contribution is -2.44. The highest BCUT2D eigenvalue weighted by atomic mass is 19.1. The van der Waals surface area contributed by atoms with Crippen LogP contribution < -0.4 is 15.4 Å². The molecule has 0 spiro atoms. The summed E-state index contributed by atoms with van der Waals surface area (Å²) in [5.74, 6) is -0.742. The number of nitrogens with one attached hydrogen (secondary N) is 2. The molecular weight excluding hydrogens is 423 g/mol. The molecule has 0 saturated carbocycles. The molecule has 0 aliphatic carbocycles. The second-order valence-electron chi connectivity index (χ2n) is 7.77. The highest BCUT2D eigenvalue weighted by Crippen LogP contribution is 2.22. The van der Waals surface area contributed by atoms with E-state index < -0.39 is 5.95 Å². The van der Waals surface area contributed by atoms with Crippen LogP contribution in [-0.4, -0.2) is 65.1 Å². The first-order valence-electron chi connectivity index (χ1n) is 11.0. The van der Waals surface area contributed by atoms with Gasteiger partial charge < -0.3 is 15.4 Å². The van der Waals surface area contributed by atoms with E-state index in [1.165, 1.54) is 6.20 Å². The van der Waals surface area contributed by atoms with Gasteiger partial charge >= 0.3 is 6.01 Å². The number of benzene rings is 1. The second kappa shape index (κ2) is 11.4. The quantitative estimate of drug-likeness (QED) is 0.481. The second-order valence-corrected chi connectivity index (χ2v) is 7.77. The van der Waals surface area contributed by atoms with Gasteiger partial charge in [0.05, 0.1) is 24.2 Å². The summed E-state index contributed by atoms with van der Waals surface area (Å²) in [6.45, 7) is 5.42. The molecule has 2 N–H and O–H groups in total. The summed E-state index contributed by atoms with van der Waals surface area (Å²) in [7, 11) is 0. The van der Waals surface area contributed by atoms with E-state index in [1.807, 2.05) is 18.2 Å². The van der Waals surface area contributed by atoms with Crippen LogP contribution in [0, 0.1) is 5.95 Å². The Hall–Kier alpha value is -3.43. The van der Waals surface area contributed by atoms with Crippen molar-refractivity contribution in [1.82, 2.24) is 30.5 Å². The summed E-state index contributed by atoms with van der Waals surface area (Å²) in [6.07, 6.45) is 3.35. The van der Waals surface area contributed by atoms with Crippen LogP contribution in [-0.2, 0) is 17.8 Å². The van der Waals surface area contributed by atoms with E-state index in [0.717, 1.165) is 44.0 Å². The lowest BCUT2D eigenvalue weighted by atomic mass is 10.0. The summed E-state index contributed by atoms with van der Waals surface area (Å²) in [6, 6.07) is 12.7. The Morgan fingerprint density at radius 3 is 2.67 bits per heavy atom. The largest absolute Gasteiger partial charge is 0.462 e. The Balaban J connectivity index is 1.28. The van der Waals surface area contributed by atoms with Crippen molar-refractivity contribution in [1.29, 1.82) is 0 Å². The maximum atomic E-state index is 14.6. The van der Waals surface area contributed by atoms with Crippen LogP contribution in [0.5, 0.6) is 6.01 Å².